The van der Waals surface area contributed by atoms with Crippen LogP contribution in [-0.4, -0.2) is 42.5 Å². The van der Waals surface area contributed by atoms with E-state index in [4.69, 9.17) is 0 Å². The first-order chi connectivity index (χ1) is 12.1. The maximum Gasteiger partial charge on any atom is 0.276 e. The first-order valence-electron chi connectivity index (χ1n) is 8.26. The van der Waals surface area contributed by atoms with Crippen molar-refractivity contribution in [3.63, 3.8) is 0 Å². The van der Waals surface area contributed by atoms with Gasteiger partial charge < -0.3 is 4.90 Å². The number of nitrogens with zero attached hydrogens (tertiary/aromatic N) is 3. The van der Waals surface area contributed by atoms with E-state index < -0.39 is 0 Å². The number of para-hydroxylation sites is 1. The molecule has 0 saturated carbocycles. The molecule has 0 aliphatic carbocycles. The molecule has 1 heterocycles. The molecule has 5 nitrogen and oxygen atoms in total. The minimum absolute atomic E-state index is 0.125. The minimum Gasteiger partial charge on any atom is -0.369 e. The summed E-state index contributed by atoms with van der Waals surface area (Å²) in [6.07, 6.45) is 3.78. The highest BCUT2D eigenvalue weighted by Crippen LogP contribution is 2.19. The van der Waals surface area contributed by atoms with Gasteiger partial charge in [-0.2, -0.15) is 0 Å². The van der Waals surface area contributed by atoms with E-state index in [1.807, 2.05) is 12.2 Å². The van der Waals surface area contributed by atoms with Gasteiger partial charge in [-0.15, -0.1) is 0 Å². The van der Waals surface area contributed by atoms with Crippen molar-refractivity contribution in [3.05, 3.63) is 76.1 Å². The van der Waals surface area contributed by atoms with Gasteiger partial charge in [-0.1, -0.05) is 24.3 Å². The summed E-state index contributed by atoms with van der Waals surface area (Å²) < 4.78 is 13.0. The number of piperazine rings is 1. The van der Waals surface area contributed by atoms with Gasteiger partial charge in [-0.05, 0) is 30.3 Å². The Morgan fingerprint density at radius 1 is 1.04 bits per heavy atom. The van der Waals surface area contributed by atoms with Gasteiger partial charge in [-0.3, -0.25) is 15.0 Å². The zero-order valence-corrected chi connectivity index (χ0v) is 13.8. The van der Waals surface area contributed by atoms with Crippen molar-refractivity contribution < 1.29 is 9.31 Å². The van der Waals surface area contributed by atoms with E-state index in [0.29, 0.717) is 5.56 Å². The number of halogens is 1. The second kappa shape index (κ2) is 7.90. The average molecular weight is 341 g/mol. The lowest BCUT2D eigenvalue weighted by molar-refractivity contribution is -0.385. The van der Waals surface area contributed by atoms with E-state index in [2.05, 4.69) is 9.80 Å². The molecule has 1 aliphatic rings. The molecule has 2 aromatic carbocycles. The van der Waals surface area contributed by atoms with Crippen LogP contribution < -0.4 is 4.90 Å². The third-order valence-corrected chi connectivity index (χ3v) is 4.36. The van der Waals surface area contributed by atoms with Gasteiger partial charge in [0.15, 0.2) is 0 Å². The van der Waals surface area contributed by atoms with E-state index >= 15 is 0 Å². The molecule has 0 aromatic heterocycles. The number of hydrogen-bond acceptors (Lipinski definition) is 4. The molecule has 0 N–H and O–H groups in total. The maximum atomic E-state index is 13.0. The molecule has 1 aliphatic heterocycles. The Hall–Kier alpha value is -2.73. The van der Waals surface area contributed by atoms with E-state index in [-0.39, 0.29) is 16.4 Å². The molecule has 0 radical (unpaired) electrons. The molecule has 0 unspecified atom stereocenters. The smallest absolute Gasteiger partial charge is 0.276 e. The van der Waals surface area contributed by atoms with Crippen LogP contribution in [0.2, 0.25) is 0 Å². The van der Waals surface area contributed by atoms with Crippen LogP contribution in [0.25, 0.3) is 6.08 Å². The van der Waals surface area contributed by atoms with Crippen molar-refractivity contribution in [2.24, 2.45) is 0 Å². The first-order valence-corrected chi connectivity index (χ1v) is 8.26. The second-order valence-electron chi connectivity index (χ2n) is 5.98. The van der Waals surface area contributed by atoms with Crippen LogP contribution in [0.5, 0.6) is 0 Å². The highest BCUT2D eigenvalue weighted by Gasteiger charge is 2.16. The number of hydrogen-bond donors (Lipinski definition) is 0. The molecule has 0 spiro atoms. The fourth-order valence-corrected chi connectivity index (χ4v) is 2.96. The van der Waals surface area contributed by atoms with Gasteiger partial charge in [0, 0.05) is 44.5 Å². The number of rotatable bonds is 5. The SMILES string of the molecule is O=[N+]([O-])c1ccccc1C=CCN1CCN(c2ccc(F)cc2)CC1. The third-order valence-electron chi connectivity index (χ3n) is 4.36. The van der Waals surface area contributed by atoms with E-state index in [1.54, 1.807) is 30.3 Å². The van der Waals surface area contributed by atoms with Crippen molar-refractivity contribution in [2.75, 3.05) is 37.6 Å². The Bertz CT molecular complexity index is 754. The molecular weight excluding hydrogens is 321 g/mol. The van der Waals surface area contributed by atoms with Gasteiger partial charge in [0.2, 0.25) is 0 Å². The summed E-state index contributed by atoms with van der Waals surface area (Å²) in [5.41, 5.74) is 1.79. The summed E-state index contributed by atoms with van der Waals surface area (Å²) in [5, 5.41) is 11.0. The van der Waals surface area contributed by atoms with Gasteiger partial charge >= 0.3 is 0 Å². The second-order valence-corrected chi connectivity index (χ2v) is 5.98. The molecule has 3 rings (SSSR count). The molecule has 6 heteroatoms. The zero-order chi connectivity index (χ0) is 17.6. The first kappa shape index (κ1) is 17.1. The molecule has 0 amide bonds. The van der Waals surface area contributed by atoms with E-state index in [1.165, 1.54) is 18.2 Å². The summed E-state index contributed by atoms with van der Waals surface area (Å²) in [4.78, 5) is 15.2. The van der Waals surface area contributed by atoms with E-state index in [9.17, 15) is 14.5 Å². The summed E-state index contributed by atoms with van der Waals surface area (Å²) in [5.74, 6) is -0.220. The Morgan fingerprint density at radius 2 is 1.72 bits per heavy atom. The predicted molar refractivity (Wildman–Crippen MR) is 97.2 cm³/mol. The zero-order valence-electron chi connectivity index (χ0n) is 13.8. The Kier molecular flexibility index (Phi) is 5.40. The molecule has 25 heavy (non-hydrogen) atoms. The lowest BCUT2D eigenvalue weighted by atomic mass is 10.1. The topological polar surface area (TPSA) is 49.6 Å². The van der Waals surface area contributed by atoms with Crippen LogP contribution in [-0.2, 0) is 0 Å². The molecule has 130 valence electrons. The largest absolute Gasteiger partial charge is 0.369 e. The fraction of sp³-hybridized carbons (Fsp3) is 0.263. The Labute approximate surface area is 146 Å². The van der Waals surface area contributed by atoms with Crippen LogP contribution in [0.3, 0.4) is 0 Å². The molecule has 0 bridgehead atoms. The maximum absolute atomic E-state index is 13.0. The fourth-order valence-electron chi connectivity index (χ4n) is 2.96. The summed E-state index contributed by atoms with van der Waals surface area (Å²) in [6.45, 7) is 4.32. The monoisotopic (exact) mass is 341 g/mol. The van der Waals surface area contributed by atoms with Gasteiger partial charge in [0.05, 0.1) is 10.5 Å². The van der Waals surface area contributed by atoms with Gasteiger partial charge in [-0.25, -0.2) is 4.39 Å². The Morgan fingerprint density at radius 3 is 2.40 bits per heavy atom. The standard InChI is InChI=1S/C19H20FN3O2/c20-17-7-9-18(10-8-17)22-14-12-21(13-15-22)11-3-5-16-4-1-2-6-19(16)23(24)25/h1-10H,11-15H2. The highest BCUT2D eigenvalue weighted by molar-refractivity contribution is 5.60. The summed E-state index contributed by atoms with van der Waals surface area (Å²) >= 11 is 0. The van der Waals surface area contributed by atoms with Gasteiger partial charge in [0.1, 0.15) is 5.82 Å². The average Bonchev–Trinajstić information content (AvgIpc) is 2.63. The van der Waals surface area contributed by atoms with Crippen LogP contribution in [0.4, 0.5) is 15.8 Å². The van der Waals surface area contributed by atoms with Crippen molar-refractivity contribution in [1.29, 1.82) is 0 Å². The predicted octanol–water partition coefficient (Wildman–Crippen LogP) is 3.57. The molecule has 0 atom stereocenters. The number of anilines is 1. The van der Waals surface area contributed by atoms with Gasteiger partial charge in [0.25, 0.3) is 5.69 Å². The van der Waals surface area contributed by atoms with Crippen LogP contribution in [0, 0.1) is 15.9 Å². The lowest BCUT2D eigenvalue weighted by Gasteiger charge is -2.35. The van der Waals surface area contributed by atoms with Crippen LogP contribution >= 0.6 is 0 Å². The minimum atomic E-state index is -0.360. The third kappa shape index (κ3) is 4.42. The van der Waals surface area contributed by atoms with Crippen molar-refractivity contribution in [2.45, 2.75) is 0 Å². The number of benzene rings is 2. The van der Waals surface area contributed by atoms with Crippen LogP contribution in [0.15, 0.2) is 54.6 Å². The van der Waals surface area contributed by atoms with Crippen molar-refractivity contribution >= 4 is 17.5 Å². The summed E-state index contributed by atoms with van der Waals surface area (Å²) in [7, 11) is 0. The van der Waals surface area contributed by atoms with Crippen molar-refractivity contribution in [1.82, 2.24) is 4.90 Å². The molecule has 2 aromatic rings. The van der Waals surface area contributed by atoms with E-state index in [0.717, 1.165) is 38.4 Å². The Balaban J connectivity index is 1.53. The number of nitro groups is 1. The summed E-state index contributed by atoms with van der Waals surface area (Å²) in [6, 6.07) is 13.3. The molecular formula is C19H20FN3O2. The normalized spacial score (nSPS) is 15.6. The van der Waals surface area contributed by atoms with Crippen LogP contribution in [0.1, 0.15) is 5.56 Å². The molecule has 1 saturated heterocycles. The highest BCUT2D eigenvalue weighted by atomic mass is 19.1. The number of nitro benzene ring substituents is 1. The molecule has 1 fully saturated rings. The quantitative estimate of drug-likeness (QED) is 0.616. The van der Waals surface area contributed by atoms with Crippen molar-refractivity contribution in [3.8, 4) is 0 Å². The lowest BCUT2D eigenvalue weighted by Crippen LogP contribution is -2.46.